The van der Waals surface area contributed by atoms with Gasteiger partial charge in [-0.1, -0.05) is 388 Å². The minimum Gasteiger partial charge on any atom is -0.493 e. The van der Waals surface area contributed by atoms with Gasteiger partial charge >= 0.3 is 0 Å². The number of para-hydroxylation sites is 2. The summed E-state index contributed by atoms with van der Waals surface area (Å²) in [5, 5.41) is 0. The average molecular weight is 1680 g/mol. The van der Waals surface area contributed by atoms with Crippen molar-refractivity contribution in [2.45, 2.75) is 345 Å². The highest BCUT2D eigenvalue weighted by Gasteiger charge is 2.53. The topological polar surface area (TPSA) is 18.5 Å². The molecule has 122 heavy (non-hydrogen) atoms. The van der Waals surface area contributed by atoms with Crippen LogP contribution in [0.15, 0.2) is 246 Å². The van der Waals surface area contributed by atoms with Crippen LogP contribution >= 0.6 is 23.5 Å². The molecule has 6 aliphatic carbocycles. The van der Waals surface area contributed by atoms with Crippen LogP contribution in [0.3, 0.4) is 0 Å². The largest absolute Gasteiger partial charge is 0.493 e. The quantitative estimate of drug-likeness (QED) is 0.0667. The maximum atomic E-state index is 6.24. The number of aryl methyl sites for hydroxylation is 7. The van der Waals surface area contributed by atoms with Crippen LogP contribution in [0, 0.1) is 90.3 Å². The number of ether oxygens (including phenoxy) is 2. The Hall–Kier alpha value is -6.72. The summed E-state index contributed by atoms with van der Waals surface area (Å²) in [6.45, 7) is 56.6. The van der Waals surface area contributed by atoms with E-state index in [0.29, 0.717) is 54.1 Å². The minimum atomic E-state index is 0.177. The average Bonchev–Trinajstić information content (AvgIpc) is 1.54. The summed E-state index contributed by atoms with van der Waals surface area (Å²) >= 11 is 4.09. The number of thioether (sulfide) groups is 2. The molecule has 0 radical (unpaired) electrons. The van der Waals surface area contributed by atoms with Crippen molar-refractivity contribution in [3.8, 4) is 11.5 Å². The van der Waals surface area contributed by atoms with E-state index in [2.05, 4.69) is 408 Å². The smallest absolute Gasteiger partial charge is 0.122 e. The van der Waals surface area contributed by atoms with E-state index in [-0.39, 0.29) is 16.2 Å². The second-order valence-electron chi connectivity index (χ2n) is 43.8. The van der Waals surface area contributed by atoms with E-state index in [9.17, 15) is 0 Å². The molecule has 4 heteroatoms. The first-order valence-corrected chi connectivity index (χ1v) is 49.7. The standard InChI is InChI=1S/C22H28.C21H26O.C21H26S.C20H32.C17H26O.C17H26S/c1-18-10-7-8-11-19(18)14-17-21(2)15-9-16-22(21,3)20-12-5-4-6-13-20;2*1-17-10-7-8-13-19(17)22-16-20(2)14-9-15-21(20,3)18-11-5-4-6-12-18;1-16-11-7-8-12-17(16)18(2,3)15-20(6)14-10-9-13-19(20,4)5;2*1-14-9-5-6-10-15(14)18-13-17(4)12-8-7-11-16(17,2)3/h4-8,10-13H,9,14-17H2,1-3H3;2*4-8,10-13H,9,14-16H2,1-3H3;7-8,11-12H,9-10,13-15H2,1-6H3;2*5-6,9-10H,7-8,11-13H2,1-4H3/t21-,22+;2*20-,21+;20-;2*17-/m000000/s1. The van der Waals surface area contributed by atoms with Crippen molar-refractivity contribution in [1.29, 1.82) is 0 Å². The molecule has 0 unspecified atom stereocenters. The van der Waals surface area contributed by atoms with E-state index in [1.165, 1.54) is 237 Å². The summed E-state index contributed by atoms with van der Waals surface area (Å²) in [6.07, 6.45) is 32.0. The second kappa shape index (κ2) is 41.8. The fourth-order valence-electron chi connectivity index (χ4n) is 22.5. The first kappa shape index (κ1) is 97.5. The van der Waals surface area contributed by atoms with Crippen LogP contribution in [0.5, 0.6) is 11.5 Å². The summed E-state index contributed by atoms with van der Waals surface area (Å²) in [7, 11) is 0. The molecular formula is C118H164O2S2. The van der Waals surface area contributed by atoms with Crippen LogP contribution in [-0.4, -0.2) is 24.7 Å². The zero-order valence-corrected chi connectivity index (χ0v) is 82.6. The molecule has 0 N–H and O–H groups in total. The molecule has 9 aromatic carbocycles. The molecule has 15 rings (SSSR count). The van der Waals surface area contributed by atoms with Gasteiger partial charge in [-0.25, -0.2) is 0 Å². The Morgan fingerprint density at radius 3 is 1.00 bits per heavy atom. The first-order chi connectivity index (χ1) is 57.7. The highest BCUT2D eigenvalue weighted by Crippen LogP contribution is 2.61. The maximum Gasteiger partial charge on any atom is 0.122 e. The van der Waals surface area contributed by atoms with Gasteiger partial charge in [-0.05, 0) is 277 Å². The summed E-state index contributed by atoms with van der Waals surface area (Å²) in [4.78, 5) is 2.89. The van der Waals surface area contributed by atoms with Gasteiger partial charge in [0.2, 0.25) is 0 Å². The van der Waals surface area contributed by atoms with E-state index in [0.717, 1.165) is 24.7 Å². The van der Waals surface area contributed by atoms with E-state index < -0.39 is 0 Å². The Morgan fingerprint density at radius 2 is 0.582 bits per heavy atom. The number of benzene rings is 9. The number of rotatable bonds is 21. The molecule has 0 amide bonds. The van der Waals surface area contributed by atoms with Gasteiger partial charge in [0.15, 0.2) is 0 Å². The molecule has 660 valence electrons. The Morgan fingerprint density at radius 1 is 0.270 bits per heavy atom. The van der Waals surface area contributed by atoms with Crippen LogP contribution in [0.25, 0.3) is 0 Å². The van der Waals surface area contributed by atoms with Crippen molar-refractivity contribution in [2.75, 3.05) is 24.7 Å². The van der Waals surface area contributed by atoms with Gasteiger partial charge in [0, 0.05) is 37.5 Å². The molecular weight excluding hydrogens is 1510 g/mol. The Balaban J connectivity index is 0.000000154. The maximum absolute atomic E-state index is 6.24. The van der Waals surface area contributed by atoms with E-state index in [1.807, 2.05) is 11.8 Å². The van der Waals surface area contributed by atoms with Crippen LogP contribution in [-0.2, 0) is 28.1 Å². The summed E-state index contributed by atoms with van der Waals surface area (Å²) in [5.74, 6) is 4.51. The zero-order valence-electron chi connectivity index (χ0n) is 80.9. The van der Waals surface area contributed by atoms with Crippen LogP contribution < -0.4 is 9.47 Å². The normalized spacial score (nSPS) is 27.4. The van der Waals surface area contributed by atoms with Gasteiger partial charge in [-0.2, -0.15) is 0 Å². The van der Waals surface area contributed by atoms with Gasteiger partial charge < -0.3 is 9.47 Å². The van der Waals surface area contributed by atoms with Crippen molar-refractivity contribution in [3.63, 3.8) is 0 Å². The van der Waals surface area contributed by atoms with E-state index in [4.69, 9.17) is 9.47 Å². The van der Waals surface area contributed by atoms with Crippen molar-refractivity contribution in [1.82, 2.24) is 0 Å². The summed E-state index contributed by atoms with van der Waals surface area (Å²) in [6, 6.07) is 85.2. The van der Waals surface area contributed by atoms with E-state index >= 15 is 0 Å². The zero-order chi connectivity index (χ0) is 88.4. The molecule has 9 aromatic rings. The predicted molar refractivity (Wildman–Crippen MR) is 534 cm³/mol. The van der Waals surface area contributed by atoms with Gasteiger partial charge in [0.1, 0.15) is 11.5 Å². The fraction of sp³-hybridized carbons (Fsp3) is 0.542. The van der Waals surface area contributed by atoms with Gasteiger partial charge in [0.05, 0.1) is 13.2 Å². The molecule has 0 bridgehead atoms. The van der Waals surface area contributed by atoms with Crippen molar-refractivity contribution >= 4 is 23.5 Å². The molecule has 0 heterocycles. The molecule has 9 atom stereocenters. The first-order valence-electron chi connectivity index (χ1n) is 47.7. The Labute approximate surface area is 755 Å². The molecule has 0 aliphatic heterocycles. The highest BCUT2D eigenvalue weighted by atomic mass is 32.2. The van der Waals surface area contributed by atoms with Crippen LogP contribution in [0.2, 0.25) is 0 Å². The number of hydrogen-bond donors (Lipinski definition) is 0. The molecule has 6 aliphatic rings. The second-order valence-corrected chi connectivity index (χ2v) is 45.8. The molecule has 2 nitrogen and oxygen atoms in total. The third-order valence-electron chi connectivity index (χ3n) is 34.2. The lowest BCUT2D eigenvalue weighted by Crippen LogP contribution is -2.42. The van der Waals surface area contributed by atoms with Crippen molar-refractivity contribution < 1.29 is 9.47 Å². The third-order valence-corrected chi connectivity index (χ3v) is 37.3. The Kier molecular flexibility index (Phi) is 33.4. The fourth-order valence-corrected chi connectivity index (χ4v) is 25.4. The van der Waals surface area contributed by atoms with Gasteiger partial charge in [0.25, 0.3) is 0 Å². The molecule has 0 spiro atoms. The lowest BCUT2D eigenvalue weighted by atomic mass is 9.53. The van der Waals surface area contributed by atoms with E-state index in [1.54, 1.807) is 0 Å². The molecule has 0 aromatic heterocycles. The summed E-state index contributed by atoms with van der Waals surface area (Å²) in [5.41, 5.74) is 20.2. The minimum absolute atomic E-state index is 0.177. The SMILES string of the molecule is Cc1ccccc1C(C)(C)C[C@]1(C)CCCCC1(C)C.Cc1ccccc1CC[C@]1(C)CCC[C@]1(C)c1ccccc1.Cc1ccccc1OC[C@]1(C)CCCCC1(C)C.Cc1ccccc1OC[C@]1(C)CCC[C@]1(C)c1ccccc1.Cc1ccccc1SC[C@]1(C)CCCCC1(C)C.Cc1ccccc1SC[C@]1(C)CCC[C@]1(C)c1ccccc1. The van der Waals surface area contributed by atoms with Crippen LogP contribution in [0.4, 0.5) is 0 Å². The van der Waals surface area contributed by atoms with Crippen molar-refractivity contribution in [3.05, 3.63) is 298 Å². The Bertz CT molecular complexity index is 4350. The molecule has 6 saturated carbocycles. The number of hydrogen-bond acceptors (Lipinski definition) is 4. The lowest BCUT2D eigenvalue weighted by molar-refractivity contribution is -0.00943. The molecule has 0 saturated heterocycles. The van der Waals surface area contributed by atoms with Gasteiger partial charge in [-0.3, -0.25) is 0 Å². The molecule has 6 fully saturated rings. The lowest BCUT2D eigenvalue weighted by Gasteiger charge is -2.52. The van der Waals surface area contributed by atoms with Crippen molar-refractivity contribution in [2.24, 2.45) is 48.7 Å². The predicted octanol–water partition coefficient (Wildman–Crippen LogP) is 34.8. The third kappa shape index (κ3) is 23.2. The highest BCUT2D eigenvalue weighted by molar-refractivity contribution is 7.99. The summed E-state index contributed by atoms with van der Waals surface area (Å²) < 4.78 is 12.4. The van der Waals surface area contributed by atoms with Crippen LogP contribution in [0.1, 0.15) is 327 Å². The van der Waals surface area contributed by atoms with Gasteiger partial charge in [-0.15, -0.1) is 23.5 Å². The monoisotopic (exact) mass is 1680 g/mol.